The van der Waals surface area contributed by atoms with Gasteiger partial charge in [0.05, 0.1) is 52.7 Å². The van der Waals surface area contributed by atoms with Crippen LogP contribution in [0.2, 0.25) is 0 Å². The topological polar surface area (TPSA) is 208 Å². The Morgan fingerprint density at radius 3 is 1.66 bits per heavy atom. The fourth-order valence-electron chi connectivity index (χ4n) is 4.23. The Hall–Kier alpha value is -3.73. The van der Waals surface area contributed by atoms with E-state index < -0.39 is 9.85 Å². The summed E-state index contributed by atoms with van der Waals surface area (Å²) in [5.74, 6) is 0. The number of ether oxygens (including phenoxy) is 3. The summed E-state index contributed by atoms with van der Waals surface area (Å²) in [6.07, 6.45) is 14.5. The van der Waals surface area contributed by atoms with Crippen molar-refractivity contribution in [1.82, 2.24) is 19.6 Å². The maximum absolute atomic E-state index is 10.4. The third-order valence-electron chi connectivity index (χ3n) is 6.58. The van der Waals surface area contributed by atoms with E-state index in [-0.39, 0.29) is 23.5 Å². The van der Waals surface area contributed by atoms with Gasteiger partial charge in [-0.3, -0.25) is 34.6 Å². The number of rotatable bonds is 4. The average Bonchev–Trinajstić information content (AvgIpc) is 3.78. The first-order valence-electron chi connectivity index (χ1n) is 13.6. The minimum absolute atomic E-state index is 0.0523. The van der Waals surface area contributed by atoms with Crippen LogP contribution in [0.25, 0.3) is 0 Å². The van der Waals surface area contributed by atoms with E-state index in [0.29, 0.717) is 25.8 Å². The highest BCUT2D eigenvalue weighted by atomic mass is 16.6. The van der Waals surface area contributed by atoms with Crippen LogP contribution in [0, 0.1) is 20.2 Å². The summed E-state index contributed by atoms with van der Waals surface area (Å²) in [4.78, 5) is 23.0. The van der Waals surface area contributed by atoms with Crippen molar-refractivity contribution in [3.8, 4) is 0 Å². The molecule has 6 heterocycles. The maximum atomic E-state index is 10.4. The Kier molecular flexibility index (Phi) is 13.3. The van der Waals surface area contributed by atoms with Gasteiger partial charge in [0.25, 0.3) is 5.70 Å². The molecule has 0 aliphatic carbocycles. The van der Waals surface area contributed by atoms with Gasteiger partial charge in [0, 0.05) is 51.9 Å². The standard InChI is InChI=1S/C8H11N3O3.C8H13N3O.C5H10O2.C4H4N2O2/c12-11(13)8-5-9-10(6-8)7-1-3-14-4-2-7;9-7-5-10-11(6-7)8-1-3-12-4-2-8;6-5-1-3-7-4-2-5;7-6(8)4-1-2-5-3-4/h5-7H,1-4H2;5-6,8H,1-4,9H2;5-6H,1-4H2;1,3H,2H2. The van der Waals surface area contributed by atoms with Crippen molar-refractivity contribution in [1.29, 1.82) is 0 Å². The third-order valence-corrected chi connectivity index (χ3v) is 6.58. The molecular weight excluding hydrogens is 540 g/mol. The van der Waals surface area contributed by atoms with Crippen LogP contribution >= 0.6 is 0 Å². The van der Waals surface area contributed by atoms with Crippen molar-refractivity contribution >= 4 is 17.6 Å². The minimum Gasteiger partial charge on any atom is -0.396 e. The Bertz CT molecular complexity index is 1130. The second kappa shape index (κ2) is 17.2. The van der Waals surface area contributed by atoms with Crippen molar-refractivity contribution < 1.29 is 29.2 Å². The molecule has 0 spiro atoms. The Balaban J connectivity index is 0.000000156. The van der Waals surface area contributed by atoms with Crippen molar-refractivity contribution in [3.05, 3.63) is 56.8 Å². The summed E-state index contributed by atoms with van der Waals surface area (Å²) >= 11 is 0. The van der Waals surface area contributed by atoms with Crippen LogP contribution in [0.15, 0.2) is 41.6 Å². The number of nitrogens with two attached hydrogens (primary N) is 1. The van der Waals surface area contributed by atoms with Gasteiger partial charge in [-0.05, 0) is 38.5 Å². The van der Waals surface area contributed by atoms with Crippen LogP contribution in [0.5, 0.6) is 0 Å². The van der Waals surface area contributed by atoms with Gasteiger partial charge in [-0.25, -0.2) is 0 Å². The smallest absolute Gasteiger partial charge is 0.307 e. The number of nitrogens with zero attached hydrogens (tertiary/aromatic N) is 7. The predicted molar refractivity (Wildman–Crippen MR) is 148 cm³/mol. The number of aliphatic imine (C=N–C) groups is 1. The lowest BCUT2D eigenvalue weighted by atomic mass is 10.1. The number of hydrogen-bond acceptors (Lipinski definition) is 12. The van der Waals surface area contributed by atoms with E-state index in [2.05, 4.69) is 15.2 Å². The third kappa shape index (κ3) is 11.3. The molecule has 0 aromatic carbocycles. The molecule has 0 unspecified atom stereocenters. The highest BCUT2D eigenvalue weighted by Crippen LogP contribution is 2.22. The van der Waals surface area contributed by atoms with Crippen LogP contribution in [0.4, 0.5) is 11.4 Å². The van der Waals surface area contributed by atoms with E-state index in [4.69, 9.17) is 25.1 Å². The summed E-state index contributed by atoms with van der Waals surface area (Å²) in [5, 5.41) is 37.3. The van der Waals surface area contributed by atoms with Crippen molar-refractivity contribution in [2.45, 2.75) is 56.7 Å². The molecular formula is C25H38N8O8. The van der Waals surface area contributed by atoms with Gasteiger partial charge < -0.3 is 25.1 Å². The summed E-state index contributed by atoms with van der Waals surface area (Å²) in [6, 6.07) is 0.730. The lowest BCUT2D eigenvalue weighted by Gasteiger charge is -2.22. The SMILES string of the molecule is Nc1cnn(C2CCOCC2)c1.O=[N+]([O-])C1=CCN=C1.O=[N+]([O-])c1cnn(C2CCOCC2)c1.OC1CCOCC1. The number of aromatic nitrogens is 4. The molecule has 16 heteroatoms. The van der Waals surface area contributed by atoms with Crippen LogP contribution in [-0.4, -0.2) is 93.0 Å². The molecule has 3 saturated heterocycles. The molecule has 4 aliphatic rings. The molecule has 0 saturated carbocycles. The van der Waals surface area contributed by atoms with Crippen molar-refractivity contribution in [2.75, 3.05) is 51.9 Å². The molecule has 0 bridgehead atoms. The zero-order chi connectivity index (χ0) is 29.5. The zero-order valence-corrected chi connectivity index (χ0v) is 22.9. The van der Waals surface area contributed by atoms with E-state index in [9.17, 15) is 20.2 Å². The molecule has 2 aromatic heterocycles. The first-order valence-corrected chi connectivity index (χ1v) is 13.6. The van der Waals surface area contributed by atoms with E-state index in [1.165, 1.54) is 24.7 Å². The Morgan fingerprint density at radius 1 is 0.805 bits per heavy atom. The highest BCUT2D eigenvalue weighted by Gasteiger charge is 2.19. The second-order valence-electron chi connectivity index (χ2n) is 9.60. The van der Waals surface area contributed by atoms with Gasteiger partial charge in [-0.2, -0.15) is 10.2 Å². The Labute approximate surface area is 237 Å². The molecule has 6 rings (SSSR count). The van der Waals surface area contributed by atoms with E-state index in [0.717, 1.165) is 70.6 Å². The van der Waals surface area contributed by atoms with Gasteiger partial charge in [-0.15, -0.1) is 0 Å². The quantitative estimate of drug-likeness (QED) is 0.397. The zero-order valence-electron chi connectivity index (χ0n) is 22.9. The predicted octanol–water partition coefficient (Wildman–Crippen LogP) is 2.35. The summed E-state index contributed by atoms with van der Waals surface area (Å²) in [6.45, 7) is 5.02. The van der Waals surface area contributed by atoms with Crippen LogP contribution in [0.1, 0.15) is 50.6 Å². The fourth-order valence-corrected chi connectivity index (χ4v) is 4.23. The summed E-state index contributed by atoms with van der Waals surface area (Å²) < 4.78 is 19.0. The second-order valence-corrected chi connectivity index (χ2v) is 9.60. The number of aliphatic hydroxyl groups excluding tert-OH is 1. The van der Waals surface area contributed by atoms with Gasteiger partial charge in [0.1, 0.15) is 12.4 Å². The van der Waals surface area contributed by atoms with Gasteiger partial charge in [-0.1, -0.05) is 0 Å². The molecule has 0 amide bonds. The van der Waals surface area contributed by atoms with E-state index in [1.807, 2.05) is 10.9 Å². The lowest BCUT2D eigenvalue weighted by molar-refractivity contribution is -0.414. The van der Waals surface area contributed by atoms with Gasteiger partial charge >= 0.3 is 5.69 Å². The first kappa shape index (κ1) is 31.8. The Morgan fingerprint density at radius 2 is 1.32 bits per heavy atom. The molecule has 4 aliphatic heterocycles. The number of nitrogen functional groups attached to an aromatic ring is 1. The van der Waals surface area contributed by atoms with E-state index >= 15 is 0 Å². The molecule has 41 heavy (non-hydrogen) atoms. The van der Waals surface area contributed by atoms with Crippen LogP contribution < -0.4 is 5.73 Å². The summed E-state index contributed by atoms with van der Waals surface area (Å²) in [5.41, 5.74) is 6.46. The van der Waals surface area contributed by atoms with Gasteiger partial charge in [0.2, 0.25) is 0 Å². The highest BCUT2D eigenvalue weighted by molar-refractivity contribution is 5.77. The van der Waals surface area contributed by atoms with Gasteiger partial charge in [0.15, 0.2) is 0 Å². The molecule has 0 atom stereocenters. The average molecular weight is 579 g/mol. The van der Waals surface area contributed by atoms with E-state index in [1.54, 1.807) is 10.9 Å². The fraction of sp³-hybridized carbons (Fsp3) is 0.640. The lowest BCUT2D eigenvalue weighted by Crippen LogP contribution is -2.19. The normalized spacial score (nSPS) is 19.5. The molecule has 3 fully saturated rings. The van der Waals surface area contributed by atoms with Crippen molar-refractivity contribution in [2.24, 2.45) is 4.99 Å². The largest absolute Gasteiger partial charge is 0.396 e. The first-order chi connectivity index (χ1) is 19.8. The number of anilines is 1. The monoisotopic (exact) mass is 578 g/mol. The molecule has 3 N–H and O–H groups in total. The van der Waals surface area contributed by atoms with Crippen molar-refractivity contribution in [3.63, 3.8) is 0 Å². The van der Waals surface area contributed by atoms with Crippen LogP contribution in [-0.2, 0) is 14.2 Å². The summed E-state index contributed by atoms with van der Waals surface area (Å²) in [7, 11) is 0. The number of hydrogen-bond donors (Lipinski definition) is 2. The maximum Gasteiger partial charge on any atom is 0.307 e. The number of nitro groups is 2. The number of aliphatic hydroxyl groups is 1. The van der Waals surface area contributed by atoms with Crippen LogP contribution in [0.3, 0.4) is 0 Å². The minimum atomic E-state index is -0.448. The molecule has 226 valence electrons. The number of allylic oxidation sites excluding steroid dienone is 1. The molecule has 0 radical (unpaired) electrons. The molecule has 16 nitrogen and oxygen atoms in total. The molecule has 2 aromatic rings.